The predicted molar refractivity (Wildman–Crippen MR) is 86.7 cm³/mol. The van der Waals surface area contributed by atoms with Gasteiger partial charge in [0.2, 0.25) is 0 Å². The Kier molecular flexibility index (Phi) is 3.08. The molecule has 3 aromatic rings. The van der Waals surface area contributed by atoms with E-state index in [-0.39, 0.29) is 5.91 Å². The maximum Gasteiger partial charge on any atom is 0.254 e. The lowest BCUT2D eigenvalue weighted by atomic mass is 10.2. The van der Waals surface area contributed by atoms with Crippen LogP contribution >= 0.6 is 11.3 Å². The van der Waals surface area contributed by atoms with Crippen LogP contribution in [0.1, 0.15) is 27.2 Å². The number of hydrogen-bond acceptors (Lipinski definition) is 3. The summed E-state index contributed by atoms with van der Waals surface area (Å²) in [7, 11) is 0. The summed E-state index contributed by atoms with van der Waals surface area (Å²) in [6.07, 6.45) is 0. The van der Waals surface area contributed by atoms with Gasteiger partial charge in [-0.1, -0.05) is 18.2 Å². The normalized spacial score (nSPS) is 13.4. The minimum Gasteiger partial charge on any atom is -0.328 e. The van der Waals surface area contributed by atoms with Gasteiger partial charge in [-0.15, -0.1) is 11.3 Å². The van der Waals surface area contributed by atoms with E-state index in [1.807, 2.05) is 35.2 Å². The molecule has 0 saturated carbocycles. The van der Waals surface area contributed by atoms with Crippen molar-refractivity contribution in [3.05, 3.63) is 64.2 Å². The van der Waals surface area contributed by atoms with Gasteiger partial charge in [0.15, 0.2) is 0 Å². The third-order valence-electron chi connectivity index (χ3n) is 3.92. The van der Waals surface area contributed by atoms with Gasteiger partial charge in [0.1, 0.15) is 5.69 Å². The van der Waals surface area contributed by atoms with Crippen molar-refractivity contribution in [3.63, 3.8) is 0 Å². The van der Waals surface area contributed by atoms with Gasteiger partial charge < -0.3 is 4.90 Å². The predicted octanol–water partition coefficient (Wildman–Crippen LogP) is 3.60. The van der Waals surface area contributed by atoms with Crippen molar-refractivity contribution in [2.45, 2.75) is 20.0 Å². The maximum absolute atomic E-state index is 12.6. The minimum atomic E-state index is 0.0681. The first-order valence-electron chi connectivity index (χ1n) is 7.18. The molecule has 1 aliphatic heterocycles. The number of hydrogen-bond donors (Lipinski definition) is 1. The molecule has 110 valence electrons. The van der Waals surface area contributed by atoms with Crippen LogP contribution in [0.5, 0.6) is 0 Å². The van der Waals surface area contributed by atoms with Gasteiger partial charge in [0.25, 0.3) is 5.91 Å². The molecule has 5 heteroatoms. The smallest absolute Gasteiger partial charge is 0.254 e. The molecule has 0 fully saturated rings. The molecule has 0 bridgehead atoms. The van der Waals surface area contributed by atoms with Crippen molar-refractivity contribution in [1.29, 1.82) is 0 Å². The van der Waals surface area contributed by atoms with E-state index >= 15 is 0 Å². The molecule has 0 saturated heterocycles. The fraction of sp³-hybridized carbons (Fsp3) is 0.176. The Bertz CT molecular complexity index is 835. The summed E-state index contributed by atoms with van der Waals surface area (Å²) in [5, 5.41) is 9.65. The second kappa shape index (κ2) is 5.10. The van der Waals surface area contributed by atoms with E-state index in [4.69, 9.17) is 0 Å². The van der Waals surface area contributed by atoms with Gasteiger partial charge in [0.05, 0.1) is 23.7 Å². The molecule has 4 nitrogen and oxygen atoms in total. The summed E-state index contributed by atoms with van der Waals surface area (Å²) < 4.78 is 0. The van der Waals surface area contributed by atoms with E-state index in [0.29, 0.717) is 13.1 Å². The Morgan fingerprint density at radius 2 is 2.09 bits per heavy atom. The summed E-state index contributed by atoms with van der Waals surface area (Å²) >= 11 is 1.69. The van der Waals surface area contributed by atoms with Gasteiger partial charge >= 0.3 is 0 Å². The fourth-order valence-electron chi connectivity index (χ4n) is 2.81. The minimum absolute atomic E-state index is 0.0681. The van der Waals surface area contributed by atoms with Gasteiger partial charge in [0, 0.05) is 11.1 Å². The molecule has 4 rings (SSSR count). The fourth-order valence-corrected chi connectivity index (χ4v) is 3.72. The number of aromatic nitrogens is 2. The lowest BCUT2D eigenvalue weighted by Gasteiger charge is -2.15. The largest absolute Gasteiger partial charge is 0.328 e. The Morgan fingerprint density at radius 3 is 2.82 bits per heavy atom. The molecular weight excluding hydrogens is 294 g/mol. The monoisotopic (exact) mass is 309 g/mol. The molecule has 1 N–H and O–H groups in total. The molecule has 3 heterocycles. The third kappa shape index (κ3) is 2.14. The SMILES string of the molecule is Cc1csc(-c2n[nH]c3c2CN(C(=O)c2ccccc2)C3)c1. The van der Waals surface area contributed by atoms with E-state index in [2.05, 4.69) is 28.6 Å². The lowest BCUT2D eigenvalue weighted by molar-refractivity contribution is 0.0749. The number of nitrogens with zero attached hydrogens (tertiary/aromatic N) is 2. The van der Waals surface area contributed by atoms with Crippen molar-refractivity contribution < 1.29 is 4.79 Å². The van der Waals surface area contributed by atoms with Crippen molar-refractivity contribution in [1.82, 2.24) is 15.1 Å². The number of rotatable bonds is 2. The molecule has 0 atom stereocenters. The maximum atomic E-state index is 12.6. The average Bonchev–Trinajstić information content (AvgIpc) is 3.22. The second-order valence-corrected chi connectivity index (χ2v) is 6.46. The zero-order valence-electron chi connectivity index (χ0n) is 12.2. The number of thiophene rings is 1. The molecule has 1 aromatic carbocycles. The number of benzene rings is 1. The molecule has 2 aromatic heterocycles. The van der Waals surface area contributed by atoms with E-state index in [0.717, 1.165) is 27.4 Å². The van der Waals surface area contributed by atoms with Gasteiger partial charge in [-0.05, 0) is 36.1 Å². The standard InChI is InChI=1S/C17H15N3OS/c1-11-7-15(22-10-11)16-13-8-20(9-14(13)18-19-16)17(21)12-5-3-2-4-6-12/h2-7,10H,8-9H2,1H3,(H,18,19). The van der Waals surface area contributed by atoms with Crippen LogP contribution in [0.3, 0.4) is 0 Å². The summed E-state index contributed by atoms with van der Waals surface area (Å²) in [4.78, 5) is 15.6. The highest BCUT2D eigenvalue weighted by Crippen LogP contribution is 2.34. The topological polar surface area (TPSA) is 49.0 Å². The first kappa shape index (κ1) is 13.3. The molecule has 0 radical (unpaired) electrons. The quantitative estimate of drug-likeness (QED) is 0.786. The number of H-pyrrole nitrogens is 1. The highest BCUT2D eigenvalue weighted by atomic mass is 32.1. The average molecular weight is 309 g/mol. The second-order valence-electron chi connectivity index (χ2n) is 5.54. The highest BCUT2D eigenvalue weighted by molar-refractivity contribution is 7.13. The van der Waals surface area contributed by atoms with Crippen LogP contribution in [0.4, 0.5) is 0 Å². The van der Waals surface area contributed by atoms with Crippen LogP contribution in [0, 0.1) is 6.92 Å². The Balaban J connectivity index is 1.62. The van der Waals surface area contributed by atoms with Crippen LogP contribution in [0.15, 0.2) is 41.8 Å². The number of aromatic amines is 1. The third-order valence-corrected chi connectivity index (χ3v) is 4.98. The van der Waals surface area contributed by atoms with E-state index in [9.17, 15) is 4.79 Å². The summed E-state index contributed by atoms with van der Waals surface area (Å²) in [6, 6.07) is 11.6. The van der Waals surface area contributed by atoms with Crippen molar-refractivity contribution in [2.24, 2.45) is 0 Å². The van der Waals surface area contributed by atoms with E-state index in [1.165, 1.54) is 5.56 Å². The van der Waals surface area contributed by atoms with Crippen LogP contribution in [-0.4, -0.2) is 21.0 Å². The van der Waals surface area contributed by atoms with Crippen LogP contribution in [0.2, 0.25) is 0 Å². The van der Waals surface area contributed by atoms with Crippen molar-refractivity contribution in [2.75, 3.05) is 0 Å². The number of fused-ring (bicyclic) bond motifs is 1. The van der Waals surface area contributed by atoms with Crippen LogP contribution in [-0.2, 0) is 13.1 Å². The van der Waals surface area contributed by atoms with Gasteiger partial charge in [-0.25, -0.2) is 0 Å². The molecular formula is C17H15N3OS. The van der Waals surface area contributed by atoms with Crippen molar-refractivity contribution >= 4 is 17.2 Å². The number of carbonyl (C=O) groups excluding carboxylic acids is 1. The number of amides is 1. The Hall–Kier alpha value is -2.40. The summed E-state index contributed by atoms with van der Waals surface area (Å²) in [5.74, 6) is 0.0681. The van der Waals surface area contributed by atoms with Crippen molar-refractivity contribution in [3.8, 4) is 10.6 Å². The molecule has 1 amide bonds. The van der Waals surface area contributed by atoms with Gasteiger partial charge in [-0.2, -0.15) is 5.10 Å². The zero-order valence-corrected chi connectivity index (χ0v) is 13.0. The molecule has 0 spiro atoms. The first-order chi connectivity index (χ1) is 10.7. The number of aryl methyl sites for hydroxylation is 1. The molecule has 0 unspecified atom stereocenters. The van der Waals surface area contributed by atoms with Crippen LogP contribution in [0.25, 0.3) is 10.6 Å². The number of carbonyl (C=O) groups is 1. The summed E-state index contributed by atoms with van der Waals surface area (Å²) in [5.41, 5.74) is 5.15. The van der Waals surface area contributed by atoms with Crippen LogP contribution < -0.4 is 0 Å². The molecule has 0 aliphatic carbocycles. The Morgan fingerprint density at radius 1 is 1.27 bits per heavy atom. The molecule has 22 heavy (non-hydrogen) atoms. The first-order valence-corrected chi connectivity index (χ1v) is 8.06. The zero-order chi connectivity index (χ0) is 15.1. The van der Waals surface area contributed by atoms with E-state index < -0.39 is 0 Å². The number of nitrogens with one attached hydrogen (secondary N) is 1. The highest BCUT2D eigenvalue weighted by Gasteiger charge is 2.29. The van der Waals surface area contributed by atoms with E-state index in [1.54, 1.807) is 11.3 Å². The Labute approximate surface area is 132 Å². The lowest BCUT2D eigenvalue weighted by Crippen LogP contribution is -2.25. The van der Waals surface area contributed by atoms with Gasteiger partial charge in [-0.3, -0.25) is 9.89 Å². The summed E-state index contributed by atoms with van der Waals surface area (Å²) in [6.45, 7) is 3.30. The molecule has 1 aliphatic rings.